The van der Waals surface area contributed by atoms with E-state index in [4.69, 9.17) is 8.94 Å². The molecule has 1 amide bonds. The number of amides is 1. The van der Waals surface area contributed by atoms with Crippen LogP contribution in [0.15, 0.2) is 57.9 Å². The Labute approximate surface area is 120 Å². The number of nitrogens with one attached hydrogen (secondary N) is 1. The van der Waals surface area contributed by atoms with Gasteiger partial charge in [0.1, 0.15) is 0 Å². The molecule has 0 aromatic carbocycles. The summed E-state index contributed by atoms with van der Waals surface area (Å²) in [6, 6.07) is 8.96. The van der Waals surface area contributed by atoms with Gasteiger partial charge in [0.2, 0.25) is 11.7 Å². The van der Waals surface area contributed by atoms with Crippen LogP contribution in [0, 0.1) is 0 Å². The molecule has 0 saturated heterocycles. The standard InChI is InChI=1S/C15H13N3O3/c19-15(17-10-11-3-1-5-16-9-11)8-12-7-14(21-18-12)13-4-2-6-20-13/h1-7,9H,8,10H2,(H,17,19). The zero-order valence-electron chi connectivity index (χ0n) is 11.2. The quantitative estimate of drug-likeness (QED) is 0.776. The highest BCUT2D eigenvalue weighted by Gasteiger charge is 2.12. The van der Waals surface area contributed by atoms with E-state index >= 15 is 0 Å². The van der Waals surface area contributed by atoms with Crippen LogP contribution in [0.1, 0.15) is 11.3 Å². The molecule has 1 N–H and O–H groups in total. The van der Waals surface area contributed by atoms with Crippen LogP contribution in [0.3, 0.4) is 0 Å². The summed E-state index contributed by atoms with van der Waals surface area (Å²) in [5.74, 6) is 0.970. The zero-order valence-corrected chi connectivity index (χ0v) is 11.2. The third kappa shape index (κ3) is 3.36. The molecule has 0 saturated carbocycles. The van der Waals surface area contributed by atoms with Crippen molar-refractivity contribution in [3.05, 3.63) is 60.2 Å². The summed E-state index contributed by atoms with van der Waals surface area (Å²) in [7, 11) is 0. The Morgan fingerprint density at radius 1 is 1.24 bits per heavy atom. The number of pyridine rings is 1. The molecule has 3 aromatic heterocycles. The van der Waals surface area contributed by atoms with Gasteiger partial charge in [0.05, 0.1) is 18.4 Å². The highest BCUT2D eigenvalue weighted by molar-refractivity contribution is 5.78. The summed E-state index contributed by atoms with van der Waals surface area (Å²) < 4.78 is 10.3. The molecule has 0 bridgehead atoms. The van der Waals surface area contributed by atoms with Crippen LogP contribution >= 0.6 is 0 Å². The van der Waals surface area contributed by atoms with Crippen molar-refractivity contribution in [2.24, 2.45) is 0 Å². The summed E-state index contributed by atoms with van der Waals surface area (Å²) in [4.78, 5) is 15.8. The second kappa shape index (κ2) is 6.04. The highest BCUT2D eigenvalue weighted by atomic mass is 16.5. The molecule has 0 spiro atoms. The zero-order chi connectivity index (χ0) is 14.5. The van der Waals surface area contributed by atoms with Gasteiger partial charge in [0.25, 0.3) is 0 Å². The van der Waals surface area contributed by atoms with Crippen LogP contribution in [-0.4, -0.2) is 16.0 Å². The number of aromatic nitrogens is 2. The average Bonchev–Trinajstić information content (AvgIpc) is 3.17. The first-order valence-corrected chi connectivity index (χ1v) is 6.46. The Balaban J connectivity index is 1.55. The van der Waals surface area contributed by atoms with Crippen molar-refractivity contribution in [2.45, 2.75) is 13.0 Å². The molecule has 3 heterocycles. The molecular weight excluding hydrogens is 270 g/mol. The van der Waals surface area contributed by atoms with Crippen molar-refractivity contribution in [1.29, 1.82) is 0 Å². The largest absolute Gasteiger partial charge is 0.461 e. The SMILES string of the molecule is O=C(Cc1cc(-c2ccco2)on1)NCc1cccnc1. The summed E-state index contributed by atoms with van der Waals surface area (Å²) >= 11 is 0. The lowest BCUT2D eigenvalue weighted by Crippen LogP contribution is -2.24. The lowest BCUT2D eigenvalue weighted by Gasteiger charge is -2.02. The molecule has 3 aromatic rings. The molecule has 0 aliphatic heterocycles. The van der Waals surface area contributed by atoms with Crippen LogP contribution in [0.4, 0.5) is 0 Å². The van der Waals surface area contributed by atoms with E-state index in [0.29, 0.717) is 23.8 Å². The molecule has 106 valence electrons. The van der Waals surface area contributed by atoms with Gasteiger partial charge in [-0.3, -0.25) is 9.78 Å². The van der Waals surface area contributed by atoms with E-state index in [9.17, 15) is 4.79 Å². The van der Waals surface area contributed by atoms with E-state index in [1.807, 2.05) is 12.1 Å². The second-order valence-corrected chi connectivity index (χ2v) is 4.47. The number of carbonyl (C=O) groups is 1. The fourth-order valence-corrected chi connectivity index (χ4v) is 1.86. The predicted molar refractivity (Wildman–Crippen MR) is 74.0 cm³/mol. The third-order valence-corrected chi connectivity index (χ3v) is 2.88. The van der Waals surface area contributed by atoms with Gasteiger partial charge in [-0.25, -0.2) is 0 Å². The number of carbonyl (C=O) groups excluding carboxylic acids is 1. The topological polar surface area (TPSA) is 81.2 Å². The summed E-state index contributed by atoms with van der Waals surface area (Å²) in [6.07, 6.45) is 5.12. The van der Waals surface area contributed by atoms with Crippen LogP contribution < -0.4 is 5.32 Å². The molecule has 3 rings (SSSR count). The van der Waals surface area contributed by atoms with Gasteiger partial charge in [-0.15, -0.1) is 0 Å². The lowest BCUT2D eigenvalue weighted by atomic mass is 10.2. The monoisotopic (exact) mass is 283 g/mol. The molecule has 0 aliphatic carbocycles. The minimum Gasteiger partial charge on any atom is -0.461 e. The van der Waals surface area contributed by atoms with Gasteiger partial charge in [0, 0.05) is 25.0 Å². The van der Waals surface area contributed by atoms with E-state index in [1.165, 1.54) is 0 Å². The first-order chi connectivity index (χ1) is 10.3. The normalized spacial score (nSPS) is 10.5. The lowest BCUT2D eigenvalue weighted by molar-refractivity contribution is -0.120. The molecule has 0 fully saturated rings. The average molecular weight is 283 g/mol. The molecule has 0 radical (unpaired) electrons. The van der Waals surface area contributed by atoms with Crippen molar-refractivity contribution in [3.63, 3.8) is 0 Å². The summed E-state index contributed by atoms with van der Waals surface area (Å²) in [6.45, 7) is 0.440. The van der Waals surface area contributed by atoms with Crippen LogP contribution in [0.2, 0.25) is 0 Å². The van der Waals surface area contributed by atoms with Gasteiger partial charge in [0.15, 0.2) is 5.76 Å². The molecular formula is C15H13N3O3. The maximum absolute atomic E-state index is 11.8. The Kier molecular flexibility index (Phi) is 3.77. The fraction of sp³-hybridized carbons (Fsp3) is 0.133. The maximum Gasteiger partial charge on any atom is 0.226 e. The molecule has 21 heavy (non-hydrogen) atoms. The minimum absolute atomic E-state index is 0.127. The molecule has 0 unspecified atom stereocenters. The Bertz CT molecular complexity index is 705. The van der Waals surface area contributed by atoms with E-state index in [-0.39, 0.29) is 12.3 Å². The van der Waals surface area contributed by atoms with Crippen molar-refractivity contribution in [2.75, 3.05) is 0 Å². The first kappa shape index (κ1) is 13.1. The van der Waals surface area contributed by atoms with Crippen molar-refractivity contribution in [1.82, 2.24) is 15.5 Å². The number of rotatable bonds is 5. The van der Waals surface area contributed by atoms with Gasteiger partial charge < -0.3 is 14.3 Å². The predicted octanol–water partition coefficient (Wildman–Crippen LogP) is 2.19. The number of hydrogen-bond acceptors (Lipinski definition) is 5. The van der Waals surface area contributed by atoms with E-state index in [1.54, 1.807) is 36.9 Å². The second-order valence-electron chi connectivity index (χ2n) is 4.47. The van der Waals surface area contributed by atoms with Crippen LogP contribution in [-0.2, 0) is 17.8 Å². The van der Waals surface area contributed by atoms with E-state index in [2.05, 4.69) is 15.5 Å². The van der Waals surface area contributed by atoms with E-state index < -0.39 is 0 Å². The van der Waals surface area contributed by atoms with Crippen molar-refractivity contribution < 1.29 is 13.7 Å². The van der Waals surface area contributed by atoms with Crippen molar-refractivity contribution in [3.8, 4) is 11.5 Å². The molecule has 0 aliphatic rings. The van der Waals surface area contributed by atoms with Gasteiger partial charge in [-0.1, -0.05) is 11.2 Å². The smallest absolute Gasteiger partial charge is 0.226 e. The van der Waals surface area contributed by atoms with Crippen LogP contribution in [0.25, 0.3) is 11.5 Å². The maximum atomic E-state index is 11.8. The first-order valence-electron chi connectivity index (χ1n) is 6.46. The van der Waals surface area contributed by atoms with Gasteiger partial charge >= 0.3 is 0 Å². The Morgan fingerprint density at radius 3 is 2.95 bits per heavy atom. The van der Waals surface area contributed by atoms with E-state index in [0.717, 1.165) is 5.56 Å². The van der Waals surface area contributed by atoms with Crippen LogP contribution in [0.5, 0.6) is 0 Å². The molecule has 0 atom stereocenters. The number of hydrogen-bond donors (Lipinski definition) is 1. The Hall–Kier alpha value is -2.89. The molecule has 6 nitrogen and oxygen atoms in total. The molecule has 6 heteroatoms. The minimum atomic E-state index is -0.127. The third-order valence-electron chi connectivity index (χ3n) is 2.88. The van der Waals surface area contributed by atoms with Gasteiger partial charge in [-0.05, 0) is 23.8 Å². The van der Waals surface area contributed by atoms with Gasteiger partial charge in [-0.2, -0.15) is 0 Å². The summed E-state index contributed by atoms with van der Waals surface area (Å²) in [5.41, 5.74) is 1.51. The summed E-state index contributed by atoms with van der Waals surface area (Å²) in [5, 5.41) is 6.67. The number of furan rings is 1. The van der Waals surface area contributed by atoms with Crippen molar-refractivity contribution >= 4 is 5.91 Å². The Morgan fingerprint density at radius 2 is 2.19 bits per heavy atom. The fourth-order valence-electron chi connectivity index (χ4n) is 1.86. The highest BCUT2D eigenvalue weighted by Crippen LogP contribution is 2.20. The number of nitrogens with zero attached hydrogens (tertiary/aromatic N) is 2.